The molecule has 0 spiro atoms. The van der Waals surface area contributed by atoms with Gasteiger partial charge in [-0.25, -0.2) is 0 Å². The van der Waals surface area contributed by atoms with Crippen molar-refractivity contribution in [3.8, 4) is 5.75 Å². The molecule has 0 saturated carbocycles. The van der Waals surface area contributed by atoms with Gasteiger partial charge < -0.3 is 20.7 Å². The van der Waals surface area contributed by atoms with Crippen LogP contribution in [0.1, 0.15) is 54.4 Å². The standard InChI is InChI=1S/C27H32N6O5/c28-14-3-1-2-4-15-29-25(35)17-38-19-10-8-18(9-11-19)31-32-22-7-5-6-20-21(22)16-33(27(20)37)23-12-13-24(34)30-26(23)36/h5-11,23H,1-4,12-17,28H2,(H,29,35)(H,30,34,36). The Labute approximate surface area is 220 Å². The lowest BCUT2D eigenvalue weighted by atomic mass is 10.0. The zero-order valence-electron chi connectivity index (χ0n) is 21.2. The van der Waals surface area contributed by atoms with E-state index in [0.29, 0.717) is 47.8 Å². The molecule has 200 valence electrons. The SMILES string of the molecule is NCCCCCCNC(=O)COc1ccc(N=Nc2cccc3c2CN(C2CCC(=O)NC2=O)C3=O)cc1. The number of fused-ring (bicyclic) bond motifs is 1. The molecule has 2 aromatic rings. The third kappa shape index (κ3) is 6.80. The summed E-state index contributed by atoms with van der Waals surface area (Å²) in [6, 6.07) is 11.4. The zero-order chi connectivity index (χ0) is 26.9. The van der Waals surface area contributed by atoms with E-state index in [1.165, 1.54) is 4.90 Å². The highest BCUT2D eigenvalue weighted by molar-refractivity contribution is 6.06. The molecule has 1 atom stereocenters. The lowest BCUT2D eigenvalue weighted by Crippen LogP contribution is -2.52. The van der Waals surface area contributed by atoms with Gasteiger partial charge in [0.15, 0.2) is 6.61 Å². The largest absolute Gasteiger partial charge is 0.484 e. The molecule has 0 radical (unpaired) electrons. The van der Waals surface area contributed by atoms with Gasteiger partial charge in [-0.05, 0) is 62.2 Å². The van der Waals surface area contributed by atoms with E-state index in [-0.39, 0.29) is 37.3 Å². The van der Waals surface area contributed by atoms with E-state index in [2.05, 4.69) is 20.9 Å². The fourth-order valence-corrected chi connectivity index (χ4v) is 4.43. The van der Waals surface area contributed by atoms with Gasteiger partial charge in [-0.2, -0.15) is 10.2 Å². The highest BCUT2D eigenvalue weighted by Crippen LogP contribution is 2.34. The third-order valence-electron chi connectivity index (χ3n) is 6.49. The lowest BCUT2D eigenvalue weighted by Gasteiger charge is -2.29. The van der Waals surface area contributed by atoms with Crippen LogP contribution in [0.15, 0.2) is 52.7 Å². The average Bonchev–Trinajstić information content (AvgIpc) is 3.25. The minimum atomic E-state index is -0.687. The van der Waals surface area contributed by atoms with Gasteiger partial charge >= 0.3 is 0 Å². The normalized spacial score (nSPS) is 17.0. The van der Waals surface area contributed by atoms with Gasteiger partial charge in [0.05, 0.1) is 11.4 Å². The summed E-state index contributed by atoms with van der Waals surface area (Å²) in [5.74, 6) is -0.679. The Balaban J connectivity index is 1.30. The molecule has 4 N–H and O–H groups in total. The summed E-state index contributed by atoms with van der Waals surface area (Å²) in [7, 11) is 0. The number of rotatable bonds is 12. The van der Waals surface area contributed by atoms with Gasteiger partial charge in [0.1, 0.15) is 11.8 Å². The van der Waals surface area contributed by atoms with Crippen LogP contribution in [0.3, 0.4) is 0 Å². The van der Waals surface area contributed by atoms with Gasteiger partial charge in [0.2, 0.25) is 11.8 Å². The Hall–Kier alpha value is -4.12. The first kappa shape index (κ1) is 26.9. The second-order valence-corrected chi connectivity index (χ2v) is 9.24. The number of ether oxygens (including phenoxy) is 1. The summed E-state index contributed by atoms with van der Waals surface area (Å²) in [6.07, 6.45) is 4.52. The molecule has 0 bridgehead atoms. The first-order valence-corrected chi connectivity index (χ1v) is 12.8. The maximum Gasteiger partial charge on any atom is 0.257 e. The van der Waals surface area contributed by atoms with Crippen LogP contribution in [-0.2, 0) is 20.9 Å². The van der Waals surface area contributed by atoms with Crippen molar-refractivity contribution in [1.29, 1.82) is 0 Å². The monoisotopic (exact) mass is 520 g/mol. The average molecular weight is 521 g/mol. The van der Waals surface area contributed by atoms with Crippen LogP contribution < -0.4 is 21.1 Å². The van der Waals surface area contributed by atoms with E-state index in [1.807, 2.05) is 0 Å². The molecule has 38 heavy (non-hydrogen) atoms. The molecular weight excluding hydrogens is 488 g/mol. The fraction of sp³-hybridized carbons (Fsp3) is 0.407. The molecule has 2 aliphatic heterocycles. The molecule has 2 aromatic carbocycles. The second kappa shape index (κ2) is 12.9. The van der Waals surface area contributed by atoms with Crippen LogP contribution in [-0.4, -0.2) is 54.3 Å². The van der Waals surface area contributed by atoms with Crippen LogP contribution in [0.4, 0.5) is 11.4 Å². The number of unbranched alkanes of at least 4 members (excludes halogenated alkanes) is 3. The number of piperidine rings is 1. The highest BCUT2D eigenvalue weighted by atomic mass is 16.5. The number of nitrogens with one attached hydrogen (secondary N) is 2. The molecule has 1 fully saturated rings. The van der Waals surface area contributed by atoms with Gasteiger partial charge in [-0.1, -0.05) is 18.9 Å². The maximum absolute atomic E-state index is 13.0. The van der Waals surface area contributed by atoms with Crippen molar-refractivity contribution in [2.24, 2.45) is 16.0 Å². The second-order valence-electron chi connectivity index (χ2n) is 9.24. The van der Waals surface area contributed by atoms with Crippen molar-refractivity contribution in [3.05, 3.63) is 53.6 Å². The van der Waals surface area contributed by atoms with Crippen molar-refractivity contribution < 1.29 is 23.9 Å². The molecule has 4 rings (SSSR count). The molecule has 11 nitrogen and oxygen atoms in total. The smallest absolute Gasteiger partial charge is 0.257 e. The summed E-state index contributed by atoms with van der Waals surface area (Å²) in [4.78, 5) is 50.1. The first-order chi connectivity index (χ1) is 18.5. The van der Waals surface area contributed by atoms with Crippen LogP contribution in [0.2, 0.25) is 0 Å². The van der Waals surface area contributed by atoms with Crippen LogP contribution in [0, 0.1) is 0 Å². The Morgan fingerprint density at radius 3 is 2.61 bits per heavy atom. The van der Waals surface area contributed by atoms with Crippen molar-refractivity contribution in [1.82, 2.24) is 15.5 Å². The molecule has 2 heterocycles. The van der Waals surface area contributed by atoms with Gasteiger partial charge in [0.25, 0.3) is 11.8 Å². The summed E-state index contributed by atoms with van der Waals surface area (Å²) in [5.41, 5.74) is 7.74. The predicted molar refractivity (Wildman–Crippen MR) is 139 cm³/mol. The van der Waals surface area contributed by atoms with Crippen molar-refractivity contribution >= 4 is 35.0 Å². The molecule has 1 unspecified atom stereocenters. The Morgan fingerprint density at radius 1 is 1.05 bits per heavy atom. The zero-order valence-corrected chi connectivity index (χ0v) is 21.2. The van der Waals surface area contributed by atoms with E-state index in [4.69, 9.17) is 10.5 Å². The number of hydrogen-bond donors (Lipinski definition) is 3. The van der Waals surface area contributed by atoms with Gasteiger partial charge in [-0.15, -0.1) is 0 Å². The lowest BCUT2D eigenvalue weighted by molar-refractivity contribution is -0.137. The van der Waals surface area contributed by atoms with E-state index >= 15 is 0 Å². The summed E-state index contributed by atoms with van der Waals surface area (Å²) in [5, 5.41) is 13.8. The number of nitrogens with zero attached hydrogens (tertiary/aromatic N) is 3. The topological polar surface area (TPSA) is 156 Å². The Bertz CT molecular complexity index is 1210. The molecule has 1 saturated heterocycles. The van der Waals surface area contributed by atoms with Crippen LogP contribution in [0.25, 0.3) is 0 Å². The number of carbonyl (C=O) groups is 4. The number of azo groups is 1. The van der Waals surface area contributed by atoms with E-state index in [9.17, 15) is 19.2 Å². The van der Waals surface area contributed by atoms with Gasteiger partial charge in [0, 0.05) is 30.6 Å². The minimum Gasteiger partial charge on any atom is -0.484 e. The molecule has 0 aromatic heterocycles. The summed E-state index contributed by atoms with van der Waals surface area (Å²) >= 11 is 0. The van der Waals surface area contributed by atoms with Crippen LogP contribution >= 0.6 is 0 Å². The molecule has 2 aliphatic rings. The summed E-state index contributed by atoms with van der Waals surface area (Å²) in [6.45, 7) is 1.46. The Morgan fingerprint density at radius 2 is 1.84 bits per heavy atom. The third-order valence-corrected chi connectivity index (χ3v) is 6.49. The molecule has 4 amide bonds. The van der Waals surface area contributed by atoms with Gasteiger partial charge in [-0.3, -0.25) is 24.5 Å². The maximum atomic E-state index is 13.0. The minimum absolute atomic E-state index is 0.0719. The van der Waals surface area contributed by atoms with E-state index in [1.54, 1.807) is 42.5 Å². The number of carbonyl (C=O) groups excluding carboxylic acids is 4. The predicted octanol–water partition coefficient (Wildman–Crippen LogP) is 2.88. The van der Waals surface area contributed by atoms with Crippen molar-refractivity contribution in [2.75, 3.05) is 19.7 Å². The number of nitrogens with two attached hydrogens (primary N) is 1. The van der Waals surface area contributed by atoms with E-state index in [0.717, 1.165) is 25.7 Å². The number of imide groups is 1. The van der Waals surface area contributed by atoms with Crippen molar-refractivity contribution in [3.63, 3.8) is 0 Å². The number of benzene rings is 2. The number of hydrogen-bond acceptors (Lipinski definition) is 8. The quantitative estimate of drug-likeness (QED) is 0.222. The molecule has 0 aliphatic carbocycles. The number of amides is 4. The highest BCUT2D eigenvalue weighted by Gasteiger charge is 2.39. The van der Waals surface area contributed by atoms with Crippen LogP contribution in [0.5, 0.6) is 5.75 Å². The molecular formula is C27H32N6O5. The Kier molecular flexibility index (Phi) is 9.15. The van der Waals surface area contributed by atoms with Crippen molar-refractivity contribution in [2.45, 2.75) is 51.1 Å². The molecule has 11 heteroatoms. The first-order valence-electron chi connectivity index (χ1n) is 12.8. The fourth-order valence-electron chi connectivity index (χ4n) is 4.43. The van der Waals surface area contributed by atoms with E-state index < -0.39 is 11.9 Å². The summed E-state index contributed by atoms with van der Waals surface area (Å²) < 4.78 is 5.54.